The van der Waals surface area contributed by atoms with Gasteiger partial charge in [-0.3, -0.25) is 4.79 Å². The zero-order chi connectivity index (χ0) is 15.2. The van der Waals surface area contributed by atoms with Crippen molar-refractivity contribution in [3.63, 3.8) is 0 Å². The molecule has 0 bridgehead atoms. The summed E-state index contributed by atoms with van der Waals surface area (Å²) >= 11 is 7.65. The Morgan fingerprint density at radius 2 is 2.10 bits per heavy atom. The van der Waals surface area contributed by atoms with Crippen molar-refractivity contribution >= 4 is 40.6 Å². The molecule has 1 amide bonds. The molecule has 0 aliphatic rings. The summed E-state index contributed by atoms with van der Waals surface area (Å²) in [7, 11) is 0. The van der Waals surface area contributed by atoms with Crippen LogP contribution in [0.25, 0.3) is 0 Å². The monoisotopic (exact) mass is 318 g/mol. The SMILES string of the molecule is C=CCSc1ccccc1NC(=O)c1cc(N)ccc1Cl. The second-order valence-corrected chi connectivity index (χ2v) is 5.76. The van der Waals surface area contributed by atoms with E-state index in [2.05, 4.69) is 11.9 Å². The Hall–Kier alpha value is -1.91. The second-order valence-electron chi connectivity index (χ2n) is 4.29. The van der Waals surface area contributed by atoms with Crippen LogP contribution in [0.5, 0.6) is 0 Å². The molecule has 0 heterocycles. The van der Waals surface area contributed by atoms with Gasteiger partial charge in [-0.15, -0.1) is 18.3 Å². The number of anilines is 2. The van der Waals surface area contributed by atoms with Gasteiger partial charge in [0.25, 0.3) is 5.91 Å². The van der Waals surface area contributed by atoms with Crippen LogP contribution < -0.4 is 11.1 Å². The van der Waals surface area contributed by atoms with Crippen molar-refractivity contribution in [1.29, 1.82) is 0 Å². The summed E-state index contributed by atoms with van der Waals surface area (Å²) in [4.78, 5) is 13.3. The fourth-order valence-corrected chi connectivity index (χ4v) is 2.70. The normalized spacial score (nSPS) is 10.1. The predicted molar refractivity (Wildman–Crippen MR) is 91.2 cm³/mol. The first-order chi connectivity index (χ1) is 10.1. The van der Waals surface area contributed by atoms with Crippen molar-refractivity contribution in [2.24, 2.45) is 0 Å². The highest BCUT2D eigenvalue weighted by Crippen LogP contribution is 2.28. The first-order valence-electron chi connectivity index (χ1n) is 6.31. The van der Waals surface area contributed by atoms with Crippen molar-refractivity contribution in [2.75, 3.05) is 16.8 Å². The van der Waals surface area contributed by atoms with Crippen LogP contribution in [0.15, 0.2) is 60.0 Å². The molecular weight excluding hydrogens is 304 g/mol. The third-order valence-electron chi connectivity index (χ3n) is 2.73. The number of carbonyl (C=O) groups excluding carboxylic acids is 1. The molecule has 108 valence electrons. The fraction of sp³-hybridized carbons (Fsp3) is 0.0625. The van der Waals surface area contributed by atoms with Crippen LogP contribution in [0.3, 0.4) is 0 Å². The summed E-state index contributed by atoms with van der Waals surface area (Å²) < 4.78 is 0. The van der Waals surface area contributed by atoms with Crippen LogP contribution in [0, 0.1) is 0 Å². The number of para-hydroxylation sites is 1. The molecule has 2 rings (SSSR count). The lowest BCUT2D eigenvalue weighted by Gasteiger charge is -2.11. The summed E-state index contributed by atoms with van der Waals surface area (Å²) in [5.74, 6) is 0.491. The molecule has 0 aliphatic carbocycles. The molecule has 0 radical (unpaired) electrons. The molecule has 2 aromatic rings. The Morgan fingerprint density at radius 3 is 2.86 bits per heavy atom. The fourth-order valence-electron chi connectivity index (χ4n) is 1.75. The molecule has 0 fully saturated rings. The Labute approximate surface area is 133 Å². The molecule has 21 heavy (non-hydrogen) atoms. The Balaban J connectivity index is 2.23. The summed E-state index contributed by atoms with van der Waals surface area (Å²) in [5, 5.41) is 3.24. The number of carbonyl (C=O) groups is 1. The number of nitrogens with one attached hydrogen (secondary N) is 1. The molecule has 0 atom stereocenters. The predicted octanol–water partition coefficient (Wildman–Crippen LogP) is 4.45. The van der Waals surface area contributed by atoms with E-state index in [4.69, 9.17) is 17.3 Å². The van der Waals surface area contributed by atoms with Gasteiger partial charge in [-0.05, 0) is 30.3 Å². The van der Waals surface area contributed by atoms with Gasteiger partial charge in [0.2, 0.25) is 0 Å². The van der Waals surface area contributed by atoms with Crippen molar-refractivity contribution in [3.8, 4) is 0 Å². The first-order valence-corrected chi connectivity index (χ1v) is 7.67. The molecule has 2 aromatic carbocycles. The Kier molecular flexibility index (Phi) is 5.31. The minimum atomic E-state index is -0.279. The zero-order valence-corrected chi connectivity index (χ0v) is 12.9. The quantitative estimate of drug-likeness (QED) is 0.486. The molecule has 0 unspecified atom stereocenters. The van der Waals surface area contributed by atoms with Gasteiger partial charge in [0.15, 0.2) is 0 Å². The lowest BCUT2D eigenvalue weighted by Crippen LogP contribution is -2.13. The standard InChI is InChI=1S/C16H15ClN2OS/c1-2-9-21-15-6-4-3-5-14(15)19-16(20)12-10-11(18)7-8-13(12)17/h2-8,10H,1,9,18H2,(H,19,20). The summed E-state index contributed by atoms with van der Waals surface area (Å²) in [6.45, 7) is 3.70. The number of hydrogen-bond donors (Lipinski definition) is 2. The van der Waals surface area contributed by atoms with Crippen LogP contribution in [0.4, 0.5) is 11.4 Å². The Bertz CT molecular complexity index is 673. The van der Waals surface area contributed by atoms with Crippen molar-refractivity contribution in [3.05, 3.63) is 65.7 Å². The number of nitrogen functional groups attached to an aromatic ring is 1. The van der Waals surface area contributed by atoms with Crippen molar-refractivity contribution < 1.29 is 4.79 Å². The summed E-state index contributed by atoms with van der Waals surface area (Å²) in [6.07, 6.45) is 1.82. The zero-order valence-electron chi connectivity index (χ0n) is 11.3. The van der Waals surface area contributed by atoms with Gasteiger partial charge in [-0.1, -0.05) is 29.8 Å². The average Bonchev–Trinajstić information content (AvgIpc) is 2.48. The highest BCUT2D eigenvalue weighted by atomic mass is 35.5. The number of halogens is 1. The number of amides is 1. The third-order valence-corrected chi connectivity index (χ3v) is 4.13. The van der Waals surface area contributed by atoms with E-state index >= 15 is 0 Å². The molecule has 3 N–H and O–H groups in total. The number of rotatable bonds is 5. The Morgan fingerprint density at radius 1 is 1.33 bits per heavy atom. The molecule has 0 aliphatic heterocycles. The maximum absolute atomic E-state index is 12.3. The van der Waals surface area contributed by atoms with E-state index < -0.39 is 0 Å². The maximum atomic E-state index is 12.3. The highest BCUT2D eigenvalue weighted by molar-refractivity contribution is 7.99. The van der Waals surface area contributed by atoms with E-state index in [1.165, 1.54) is 0 Å². The van der Waals surface area contributed by atoms with Gasteiger partial charge in [-0.25, -0.2) is 0 Å². The molecule has 3 nitrogen and oxygen atoms in total. The number of hydrogen-bond acceptors (Lipinski definition) is 3. The number of thioether (sulfide) groups is 1. The van der Waals surface area contributed by atoms with Gasteiger partial charge in [0, 0.05) is 16.3 Å². The lowest BCUT2D eigenvalue weighted by atomic mass is 10.2. The third kappa shape index (κ3) is 4.03. The lowest BCUT2D eigenvalue weighted by molar-refractivity contribution is 0.102. The van der Waals surface area contributed by atoms with Gasteiger partial charge in [-0.2, -0.15) is 0 Å². The topological polar surface area (TPSA) is 55.1 Å². The molecule has 0 saturated heterocycles. The molecule has 0 saturated carbocycles. The number of nitrogens with two attached hydrogens (primary N) is 1. The van der Waals surface area contributed by atoms with E-state index in [0.717, 1.165) is 16.3 Å². The van der Waals surface area contributed by atoms with E-state index in [1.807, 2.05) is 30.3 Å². The van der Waals surface area contributed by atoms with Crippen molar-refractivity contribution in [2.45, 2.75) is 4.90 Å². The minimum Gasteiger partial charge on any atom is -0.399 e. The van der Waals surface area contributed by atoms with Gasteiger partial charge in [0.05, 0.1) is 16.3 Å². The van der Waals surface area contributed by atoms with Crippen molar-refractivity contribution in [1.82, 2.24) is 0 Å². The van der Waals surface area contributed by atoms with Gasteiger partial charge < -0.3 is 11.1 Å². The van der Waals surface area contributed by atoms with Gasteiger partial charge >= 0.3 is 0 Å². The average molecular weight is 319 g/mol. The van der Waals surface area contributed by atoms with Crippen LogP contribution in [0.1, 0.15) is 10.4 Å². The van der Waals surface area contributed by atoms with Crippen LogP contribution in [0.2, 0.25) is 5.02 Å². The minimum absolute atomic E-state index is 0.279. The number of benzene rings is 2. The highest BCUT2D eigenvalue weighted by Gasteiger charge is 2.12. The van der Waals surface area contributed by atoms with E-state index in [-0.39, 0.29) is 5.91 Å². The van der Waals surface area contributed by atoms with Crippen LogP contribution in [-0.4, -0.2) is 11.7 Å². The first kappa shape index (κ1) is 15.5. The van der Waals surface area contributed by atoms with Gasteiger partial charge in [0.1, 0.15) is 0 Å². The van der Waals surface area contributed by atoms with Crippen LogP contribution in [-0.2, 0) is 0 Å². The largest absolute Gasteiger partial charge is 0.399 e. The summed E-state index contributed by atoms with van der Waals surface area (Å²) in [5.41, 5.74) is 7.30. The molecule has 0 aromatic heterocycles. The van der Waals surface area contributed by atoms with Crippen LogP contribution >= 0.6 is 23.4 Å². The van der Waals surface area contributed by atoms with E-state index in [1.54, 1.807) is 30.0 Å². The smallest absolute Gasteiger partial charge is 0.257 e. The molecule has 5 heteroatoms. The second kappa shape index (κ2) is 7.20. The summed E-state index contributed by atoms with van der Waals surface area (Å²) in [6, 6.07) is 12.4. The van der Waals surface area contributed by atoms with E-state index in [9.17, 15) is 4.79 Å². The molecular formula is C16H15ClN2OS. The van der Waals surface area contributed by atoms with E-state index in [0.29, 0.717) is 16.3 Å². The maximum Gasteiger partial charge on any atom is 0.257 e. The molecule has 0 spiro atoms.